The molecule has 5 nitrogen and oxygen atoms in total. The second-order valence-corrected chi connectivity index (χ2v) is 5.94. The van der Waals surface area contributed by atoms with E-state index in [0.717, 1.165) is 23.3 Å². The number of nitrogens with zero attached hydrogens (tertiary/aromatic N) is 3. The average molecular weight is 344 g/mol. The molecule has 2 fully saturated rings. The van der Waals surface area contributed by atoms with Crippen LogP contribution in [0.3, 0.4) is 0 Å². The summed E-state index contributed by atoms with van der Waals surface area (Å²) in [5, 5.41) is 0. The summed E-state index contributed by atoms with van der Waals surface area (Å²) < 4.78 is 2.68. The maximum absolute atomic E-state index is 12.7. The van der Waals surface area contributed by atoms with Crippen LogP contribution in [0.5, 0.6) is 0 Å². The van der Waals surface area contributed by atoms with E-state index in [0.29, 0.717) is 11.6 Å². The highest BCUT2D eigenvalue weighted by Gasteiger charge is 2.47. The highest BCUT2D eigenvalue weighted by molar-refractivity contribution is 5.99. The molecule has 2 aromatic rings. The van der Waals surface area contributed by atoms with Crippen LogP contribution in [0, 0.1) is 0 Å². The van der Waals surface area contributed by atoms with Crippen molar-refractivity contribution in [1.29, 1.82) is 0 Å². The lowest BCUT2D eigenvalue weighted by Crippen LogP contribution is -2.60. The first-order chi connectivity index (χ1) is 9.78. The smallest absolute Gasteiger partial charge is 0.299 e. The van der Waals surface area contributed by atoms with Crippen molar-refractivity contribution in [2.75, 3.05) is 13.1 Å². The van der Waals surface area contributed by atoms with E-state index >= 15 is 0 Å². The van der Waals surface area contributed by atoms with Crippen LogP contribution in [0.1, 0.15) is 36.0 Å². The Labute approximate surface area is 142 Å². The molecular formula is C15H21Cl2N4O+. The van der Waals surface area contributed by atoms with E-state index in [4.69, 9.17) is 0 Å². The number of quaternary nitrogens is 1. The van der Waals surface area contributed by atoms with Crippen molar-refractivity contribution in [2.45, 2.75) is 31.7 Å². The largest absolute Gasteiger partial charge is 0.306 e. The van der Waals surface area contributed by atoms with Crippen molar-refractivity contribution >= 4 is 36.4 Å². The number of aromatic nitrogens is 2. The van der Waals surface area contributed by atoms with Gasteiger partial charge in [0.1, 0.15) is 24.8 Å². The highest BCUT2D eigenvalue weighted by atomic mass is 35.5. The van der Waals surface area contributed by atoms with Crippen molar-refractivity contribution in [3.8, 4) is 0 Å². The van der Waals surface area contributed by atoms with Gasteiger partial charge < -0.3 is 4.40 Å². The molecule has 0 bridgehead atoms. The molecule has 0 unspecified atom stereocenters. The third-order valence-corrected chi connectivity index (χ3v) is 4.88. The number of carbonyl (C=O) groups is 1. The van der Waals surface area contributed by atoms with Gasteiger partial charge in [-0.3, -0.25) is 4.79 Å². The minimum Gasteiger partial charge on any atom is -0.306 e. The normalized spacial score (nSPS) is 26.1. The Morgan fingerprint density at radius 1 is 1.23 bits per heavy atom. The molecule has 120 valence electrons. The van der Waals surface area contributed by atoms with Crippen molar-refractivity contribution in [1.82, 2.24) is 14.8 Å². The Hall–Kier alpha value is -1.30. The van der Waals surface area contributed by atoms with E-state index in [1.807, 2.05) is 28.9 Å². The second-order valence-electron chi connectivity index (χ2n) is 5.94. The van der Waals surface area contributed by atoms with Gasteiger partial charge in [0.2, 0.25) is 0 Å². The van der Waals surface area contributed by atoms with Crippen LogP contribution in [0.15, 0.2) is 30.7 Å². The number of carbonyl (C=O) groups excluding carboxylic acids is 1. The van der Waals surface area contributed by atoms with Gasteiger partial charge in [0, 0.05) is 44.3 Å². The van der Waals surface area contributed by atoms with Crippen LogP contribution < -0.4 is 5.43 Å². The lowest BCUT2D eigenvalue weighted by atomic mass is 10.2. The molecule has 1 N–H and O–H groups in total. The Balaban J connectivity index is 0.000000882. The zero-order valence-corrected chi connectivity index (χ0v) is 13.9. The van der Waals surface area contributed by atoms with Crippen LogP contribution in [0.4, 0.5) is 0 Å². The van der Waals surface area contributed by atoms with E-state index in [2.05, 4.69) is 10.4 Å². The zero-order chi connectivity index (χ0) is 13.6. The molecule has 4 rings (SSSR count). The number of rotatable bonds is 2. The van der Waals surface area contributed by atoms with Gasteiger partial charge in [-0.1, -0.05) is 0 Å². The minimum absolute atomic E-state index is 0. The molecule has 2 aliphatic heterocycles. The van der Waals surface area contributed by atoms with E-state index in [9.17, 15) is 4.79 Å². The molecule has 0 atom stereocenters. The summed E-state index contributed by atoms with van der Waals surface area (Å²) in [6.07, 6.45) is 10.4. The molecule has 7 heteroatoms. The molecular weight excluding hydrogens is 323 g/mol. The van der Waals surface area contributed by atoms with Crippen LogP contribution in [0.2, 0.25) is 0 Å². The fraction of sp³-hybridized carbons (Fsp3) is 0.467. The van der Waals surface area contributed by atoms with Crippen molar-refractivity contribution in [3.63, 3.8) is 0 Å². The van der Waals surface area contributed by atoms with Gasteiger partial charge in [-0.05, 0) is 12.1 Å². The molecule has 22 heavy (non-hydrogen) atoms. The number of hydrogen-bond acceptors (Lipinski definition) is 2. The molecule has 2 saturated heterocycles. The van der Waals surface area contributed by atoms with Crippen LogP contribution >= 0.6 is 24.8 Å². The maximum Gasteiger partial charge on any atom is 0.299 e. The minimum atomic E-state index is 0. The first-order valence-corrected chi connectivity index (χ1v) is 7.40. The first kappa shape index (κ1) is 17.1. The molecule has 2 aliphatic rings. The Bertz CT molecular complexity index is 662. The number of fused-ring (bicyclic) bond motifs is 2. The Kier molecular flexibility index (Phi) is 5.00. The van der Waals surface area contributed by atoms with E-state index in [1.165, 1.54) is 25.7 Å². The molecule has 0 saturated carbocycles. The third kappa shape index (κ3) is 2.57. The molecule has 0 aromatic carbocycles. The zero-order valence-electron chi connectivity index (χ0n) is 12.3. The lowest BCUT2D eigenvalue weighted by molar-refractivity contribution is -0.960. The third-order valence-electron chi connectivity index (χ3n) is 4.88. The molecule has 0 radical (unpaired) electrons. The van der Waals surface area contributed by atoms with Crippen LogP contribution in [-0.2, 0) is 0 Å². The summed E-state index contributed by atoms with van der Waals surface area (Å²) in [6.45, 7) is 2.15. The predicted octanol–water partition coefficient (Wildman–Crippen LogP) is 2.60. The summed E-state index contributed by atoms with van der Waals surface area (Å²) in [5.41, 5.74) is 4.70. The fourth-order valence-corrected chi connectivity index (χ4v) is 3.92. The van der Waals surface area contributed by atoms with Gasteiger partial charge in [0.15, 0.2) is 0 Å². The van der Waals surface area contributed by atoms with Crippen LogP contribution in [0.25, 0.3) is 5.65 Å². The molecule has 0 aliphatic carbocycles. The average Bonchev–Trinajstić information content (AvgIpc) is 3.10. The number of pyridine rings is 1. The molecule has 2 aromatic heterocycles. The van der Waals surface area contributed by atoms with Gasteiger partial charge in [-0.25, -0.2) is 9.58 Å². The van der Waals surface area contributed by atoms with Crippen molar-refractivity contribution in [3.05, 3.63) is 36.3 Å². The highest BCUT2D eigenvalue weighted by Crippen LogP contribution is 2.34. The first-order valence-electron chi connectivity index (χ1n) is 7.40. The number of halogens is 2. The summed E-state index contributed by atoms with van der Waals surface area (Å²) in [4.78, 5) is 17.0. The topological polar surface area (TPSA) is 46.4 Å². The summed E-state index contributed by atoms with van der Waals surface area (Å²) in [6, 6.07) is 4.38. The summed E-state index contributed by atoms with van der Waals surface area (Å²) >= 11 is 0. The van der Waals surface area contributed by atoms with Gasteiger partial charge in [-0.2, -0.15) is 5.43 Å². The lowest BCUT2D eigenvalue weighted by Gasteiger charge is -2.33. The molecule has 0 spiro atoms. The Morgan fingerprint density at radius 3 is 2.68 bits per heavy atom. The summed E-state index contributed by atoms with van der Waals surface area (Å²) in [5.74, 6) is 0.00981. The predicted molar refractivity (Wildman–Crippen MR) is 89.4 cm³/mol. The standard InChI is InChI=1S/C15H18N4O.2ClH/c20-15(13-6-1-8-18-9-7-16-14(13)18)17-19-10-2-4-12(19)5-3-11-19;;/h1,6-9,12H,2-5,10-11H2;2*1H/p+1. The van der Waals surface area contributed by atoms with Crippen molar-refractivity contribution in [2.24, 2.45) is 0 Å². The molecule has 1 amide bonds. The maximum atomic E-state index is 12.7. The monoisotopic (exact) mass is 343 g/mol. The van der Waals surface area contributed by atoms with E-state index in [1.54, 1.807) is 6.20 Å². The van der Waals surface area contributed by atoms with E-state index < -0.39 is 0 Å². The number of hydrogen-bond donors (Lipinski definition) is 1. The molecule has 4 heterocycles. The number of amides is 1. The second kappa shape index (κ2) is 6.44. The van der Waals surface area contributed by atoms with Gasteiger partial charge in [-0.15, -0.1) is 24.8 Å². The summed E-state index contributed by atoms with van der Waals surface area (Å²) in [7, 11) is 0. The SMILES string of the molecule is Cl.Cl.O=C(N[N+]12CCCC1CCC2)c1cccn2ccnc12. The van der Waals surface area contributed by atoms with Gasteiger partial charge >= 0.3 is 0 Å². The van der Waals surface area contributed by atoms with Crippen molar-refractivity contribution < 1.29 is 9.39 Å². The van der Waals surface area contributed by atoms with E-state index in [-0.39, 0.29) is 30.7 Å². The van der Waals surface area contributed by atoms with Gasteiger partial charge in [0.05, 0.1) is 5.56 Å². The fourth-order valence-electron chi connectivity index (χ4n) is 3.92. The number of imidazole rings is 1. The Morgan fingerprint density at radius 2 is 1.95 bits per heavy atom. The van der Waals surface area contributed by atoms with Gasteiger partial charge in [0.25, 0.3) is 5.91 Å². The quantitative estimate of drug-likeness (QED) is 0.852. The van der Waals surface area contributed by atoms with Crippen LogP contribution in [-0.4, -0.2) is 39.0 Å². The number of nitrogens with one attached hydrogen (secondary N) is 1.